The summed E-state index contributed by atoms with van der Waals surface area (Å²) in [6, 6.07) is 5.85. The first-order valence-electron chi connectivity index (χ1n) is 7.56. The molecule has 0 aliphatic carbocycles. The summed E-state index contributed by atoms with van der Waals surface area (Å²) < 4.78 is 28.0. The van der Waals surface area contributed by atoms with E-state index >= 15 is 0 Å². The van der Waals surface area contributed by atoms with Gasteiger partial charge in [-0.1, -0.05) is 0 Å². The van der Waals surface area contributed by atoms with Crippen molar-refractivity contribution < 1.29 is 28.3 Å². The zero-order valence-electron chi connectivity index (χ0n) is 14.1. The molecule has 1 heterocycles. The van der Waals surface area contributed by atoms with Gasteiger partial charge < -0.3 is 5.11 Å². The number of nitrogens with zero attached hydrogens (tertiary/aromatic N) is 2. The fourth-order valence-electron chi connectivity index (χ4n) is 2.26. The predicted octanol–water partition coefficient (Wildman–Crippen LogP) is 2.05. The Hall–Kier alpha value is -3.00. The van der Waals surface area contributed by atoms with Gasteiger partial charge >= 0.3 is 0 Å². The van der Waals surface area contributed by atoms with E-state index in [1.54, 1.807) is 0 Å². The van der Waals surface area contributed by atoms with Gasteiger partial charge in [-0.05, 0) is 44.2 Å². The number of benzene rings is 1. The highest BCUT2D eigenvalue weighted by Crippen LogP contribution is 2.30. The molecule has 2 rings (SSSR count). The first-order valence-corrected chi connectivity index (χ1v) is 7.56. The smallest absolute Gasteiger partial charge is 0.216 e. The van der Waals surface area contributed by atoms with Crippen molar-refractivity contribution in [3.8, 4) is 11.3 Å². The van der Waals surface area contributed by atoms with Crippen LogP contribution in [0.25, 0.3) is 11.3 Å². The van der Waals surface area contributed by atoms with Gasteiger partial charge in [0.2, 0.25) is 18.6 Å². The van der Waals surface area contributed by atoms with Crippen LogP contribution in [-0.4, -0.2) is 40.1 Å². The Kier molecular flexibility index (Phi) is 5.56. The Labute approximate surface area is 148 Å². The van der Waals surface area contributed by atoms with E-state index in [1.807, 2.05) is 0 Å². The summed E-state index contributed by atoms with van der Waals surface area (Å²) in [5.41, 5.74) is -2.12. The quantitative estimate of drug-likeness (QED) is 0.602. The van der Waals surface area contributed by atoms with Crippen LogP contribution in [0.1, 0.15) is 29.9 Å². The van der Waals surface area contributed by atoms with Gasteiger partial charge in [0.1, 0.15) is 17.2 Å². The van der Waals surface area contributed by atoms with E-state index in [9.17, 15) is 28.3 Å². The van der Waals surface area contributed by atoms with Gasteiger partial charge in [0.25, 0.3) is 0 Å². The third kappa shape index (κ3) is 4.15. The Morgan fingerprint density at radius 1 is 1.19 bits per heavy atom. The number of halogens is 2. The number of carbonyl (C=O) groups excluding carboxylic acids is 3. The molecule has 0 spiro atoms. The lowest BCUT2D eigenvalue weighted by Gasteiger charge is -2.21. The van der Waals surface area contributed by atoms with Crippen molar-refractivity contribution in [3.63, 3.8) is 0 Å². The highest BCUT2D eigenvalue weighted by Gasteiger charge is 2.27. The van der Waals surface area contributed by atoms with Gasteiger partial charge in [0.05, 0.1) is 12.1 Å². The second-order valence-corrected chi connectivity index (χ2v) is 6.09. The first-order chi connectivity index (χ1) is 12.2. The van der Waals surface area contributed by atoms with Gasteiger partial charge in [-0.2, -0.15) is 0 Å². The Morgan fingerprint density at radius 2 is 1.77 bits per heavy atom. The normalized spacial score (nSPS) is 11.1. The Bertz CT molecular complexity index is 838. The molecule has 8 heteroatoms. The van der Waals surface area contributed by atoms with Gasteiger partial charge in [0, 0.05) is 11.1 Å². The average Bonchev–Trinajstić information content (AvgIpc) is 2.59. The van der Waals surface area contributed by atoms with Crippen LogP contribution in [0.5, 0.6) is 0 Å². The summed E-state index contributed by atoms with van der Waals surface area (Å²) in [5, 5.41) is 10.2. The SMILES string of the molecule is CC(C)(O)c1cc(C(=O)CN(C=O)C=O)nc(-c2ccc(F)cc2)c1F. The number of carbonyl (C=O) groups is 3. The van der Waals surface area contributed by atoms with E-state index in [0.717, 1.165) is 18.2 Å². The maximum atomic E-state index is 14.8. The minimum Gasteiger partial charge on any atom is -0.386 e. The zero-order chi connectivity index (χ0) is 19.5. The summed E-state index contributed by atoms with van der Waals surface area (Å²) in [5.74, 6) is -2.11. The number of hydrogen-bond acceptors (Lipinski definition) is 5. The standard InChI is InChI=1S/C18H16F2N2O4/c1-18(2,26)13-7-14(15(25)8-22(9-23)10-24)21-17(16(13)20)11-3-5-12(19)6-4-11/h3-7,9-10,26H,8H2,1-2H3. The fourth-order valence-corrected chi connectivity index (χ4v) is 2.26. The number of aromatic nitrogens is 1. The molecular weight excluding hydrogens is 346 g/mol. The third-order valence-electron chi connectivity index (χ3n) is 3.62. The van der Waals surface area contributed by atoms with Crippen molar-refractivity contribution in [1.29, 1.82) is 0 Å². The molecule has 1 aromatic heterocycles. The van der Waals surface area contributed by atoms with Crippen molar-refractivity contribution >= 4 is 18.6 Å². The van der Waals surface area contributed by atoms with Crippen LogP contribution < -0.4 is 0 Å². The van der Waals surface area contributed by atoms with Crippen LogP contribution in [0.3, 0.4) is 0 Å². The van der Waals surface area contributed by atoms with E-state index in [0.29, 0.717) is 4.90 Å². The molecule has 0 aliphatic heterocycles. The van der Waals surface area contributed by atoms with Crippen molar-refractivity contribution in [2.75, 3.05) is 6.54 Å². The number of hydrogen-bond donors (Lipinski definition) is 1. The highest BCUT2D eigenvalue weighted by atomic mass is 19.1. The van der Waals surface area contributed by atoms with Crippen LogP contribution in [0.15, 0.2) is 30.3 Å². The second kappa shape index (κ2) is 7.49. The number of amides is 2. The van der Waals surface area contributed by atoms with Crippen LogP contribution in [0.2, 0.25) is 0 Å². The van der Waals surface area contributed by atoms with Crippen molar-refractivity contribution in [2.45, 2.75) is 19.4 Å². The average molecular weight is 362 g/mol. The van der Waals surface area contributed by atoms with Crippen molar-refractivity contribution in [1.82, 2.24) is 9.88 Å². The van der Waals surface area contributed by atoms with Gasteiger partial charge in [-0.3, -0.25) is 19.3 Å². The fraction of sp³-hybridized carbons (Fsp3) is 0.222. The molecule has 1 aromatic carbocycles. The molecule has 0 unspecified atom stereocenters. The van der Waals surface area contributed by atoms with Gasteiger partial charge in [0.15, 0.2) is 5.82 Å². The molecule has 0 aliphatic rings. The van der Waals surface area contributed by atoms with Crippen molar-refractivity contribution in [3.05, 3.63) is 53.2 Å². The summed E-state index contributed by atoms with van der Waals surface area (Å²) >= 11 is 0. The van der Waals surface area contributed by atoms with Gasteiger partial charge in [-0.15, -0.1) is 0 Å². The van der Waals surface area contributed by atoms with E-state index < -0.39 is 29.6 Å². The second-order valence-electron chi connectivity index (χ2n) is 6.09. The summed E-state index contributed by atoms with van der Waals surface area (Å²) in [6.45, 7) is 2.08. The molecule has 0 radical (unpaired) electrons. The first kappa shape index (κ1) is 19.3. The Morgan fingerprint density at radius 3 is 2.27 bits per heavy atom. The maximum absolute atomic E-state index is 14.8. The van der Waals surface area contributed by atoms with Crippen LogP contribution in [-0.2, 0) is 15.2 Å². The number of ketones is 1. The number of aliphatic hydroxyl groups is 1. The van der Waals surface area contributed by atoms with Crippen LogP contribution in [0.4, 0.5) is 8.78 Å². The highest BCUT2D eigenvalue weighted by molar-refractivity contribution is 5.98. The lowest BCUT2D eigenvalue weighted by atomic mass is 9.94. The molecule has 136 valence electrons. The number of imide groups is 1. The minimum absolute atomic E-state index is 0.173. The maximum Gasteiger partial charge on any atom is 0.216 e. The molecule has 0 fully saturated rings. The largest absolute Gasteiger partial charge is 0.386 e. The van der Waals surface area contributed by atoms with E-state index in [1.165, 1.54) is 26.0 Å². The van der Waals surface area contributed by atoms with Crippen molar-refractivity contribution in [2.24, 2.45) is 0 Å². The molecule has 2 amide bonds. The molecule has 0 saturated carbocycles. The topological polar surface area (TPSA) is 87.6 Å². The predicted molar refractivity (Wildman–Crippen MR) is 88.0 cm³/mol. The molecule has 0 bridgehead atoms. The van der Waals surface area contributed by atoms with Crippen LogP contribution >= 0.6 is 0 Å². The monoisotopic (exact) mass is 362 g/mol. The molecule has 26 heavy (non-hydrogen) atoms. The molecule has 0 saturated heterocycles. The summed E-state index contributed by atoms with van der Waals surface area (Å²) in [7, 11) is 0. The van der Waals surface area contributed by atoms with E-state index in [-0.39, 0.29) is 35.3 Å². The third-order valence-corrected chi connectivity index (χ3v) is 3.62. The molecule has 0 atom stereocenters. The van der Waals surface area contributed by atoms with E-state index in [2.05, 4.69) is 4.98 Å². The lowest BCUT2D eigenvalue weighted by molar-refractivity contribution is -0.128. The summed E-state index contributed by atoms with van der Waals surface area (Å²) in [4.78, 5) is 38.2. The zero-order valence-corrected chi connectivity index (χ0v) is 14.1. The number of rotatable bonds is 7. The lowest BCUT2D eigenvalue weighted by Crippen LogP contribution is -2.28. The molecule has 2 aromatic rings. The number of pyridine rings is 1. The molecule has 1 N–H and O–H groups in total. The Balaban J connectivity index is 2.61. The van der Waals surface area contributed by atoms with E-state index in [4.69, 9.17) is 0 Å². The minimum atomic E-state index is -1.63. The summed E-state index contributed by atoms with van der Waals surface area (Å²) in [6.07, 6.45) is 0.346. The molecule has 6 nitrogen and oxygen atoms in total. The molecular formula is C18H16F2N2O4. The number of Topliss-reactive ketones (excluding diaryl/α,β-unsaturated/α-hetero) is 1. The van der Waals surface area contributed by atoms with Crippen LogP contribution in [0, 0.1) is 11.6 Å². The van der Waals surface area contributed by atoms with Gasteiger partial charge in [-0.25, -0.2) is 13.8 Å².